The number of halogens is 4. The van der Waals surface area contributed by atoms with E-state index in [2.05, 4.69) is 48.5 Å². The van der Waals surface area contributed by atoms with Crippen LogP contribution in [0.5, 0.6) is 0 Å². The Morgan fingerprint density at radius 1 is 1.13 bits per heavy atom. The Morgan fingerprint density at radius 2 is 1.87 bits per heavy atom. The summed E-state index contributed by atoms with van der Waals surface area (Å²) < 4.78 is 4.63. The molecule has 2 atom stereocenters. The zero-order chi connectivity index (χ0) is 21.7. The fraction of sp³-hybridized carbons (Fsp3) is 0.333. The molecular weight excluding hydrogens is 634 g/mol. The van der Waals surface area contributed by atoms with Gasteiger partial charge < -0.3 is 0 Å². The van der Waals surface area contributed by atoms with Crippen LogP contribution in [-0.2, 0) is 0 Å². The second-order valence-corrected chi connectivity index (χ2v) is 13.9. The van der Waals surface area contributed by atoms with Gasteiger partial charge in [0.1, 0.15) is 0 Å². The van der Waals surface area contributed by atoms with Crippen LogP contribution in [0.4, 0.5) is 0 Å². The summed E-state index contributed by atoms with van der Waals surface area (Å²) in [6.07, 6.45) is 3.82. The third kappa shape index (κ3) is 4.33. The molecule has 1 aliphatic carbocycles. The van der Waals surface area contributed by atoms with Gasteiger partial charge in [0.25, 0.3) is 0 Å². The van der Waals surface area contributed by atoms with Crippen molar-refractivity contribution >= 4 is 75.5 Å². The number of hydrazine groups is 1. The van der Waals surface area contributed by atoms with Gasteiger partial charge in [0.15, 0.2) is 0 Å². The predicted octanol–water partition coefficient (Wildman–Crippen LogP) is 5.80. The molecule has 0 spiro atoms. The van der Waals surface area contributed by atoms with Crippen molar-refractivity contribution in [3.8, 4) is 15.8 Å². The Hall–Kier alpha value is -0.601. The minimum absolute atomic E-state index is 0.0827. The zero-order valence-electron chi connectivity index (χ0n) is 16.2. The standard InChI is InChI=1S/C21H18Br2Cl2N4OSe/c22-17-7-6-16(31-17)20-18(23)19(26-29(20)15-5-4-13(24)8-14(15)25)21(30)27-28-9-11-2-1-3-12(11)10-28/h4-8,11-12H,1-3,9-10H2,(H,27,30). The van der Waals surface area contributed by atoms with E-state index in [4.69, 9.17) is 23.2 Å². The van der Waals surface area contributed by atoms with Crippen LogP contribution in [0.1, 0.15) is 29.8 Å². The van der Waals surface area contributed by atoms with E-state index in [1.165, 1.54) is 19.3 Å². The van der Waals surface area contributed by atoms with Crippen molar-refractivity contribution in [3.05, 3.63) is 53.9 Å². The Morgan fingerprint density at radius 3 is 2.52 bits per heavy atom. The molecule has 2 aromatic heterocycles. The summed E-state index contributed by atoms with van der Waals surface area (Å²) in [5, 5.41) is 7.76. The average Bonchev–Trinajstić information content (AvgIpc) is 3.46. The molecule has 31 heavy (non-hydrogen) atoms. The summed E-state index contributed by atoms with van der Waals surface area (Å²) >= 11 is 19.9. The number of hydrogen-bond acceptors (Lipinski definition) is 3. The van der Waals surface area contributed by atoms with Crippen molar-refractivity contribution in [2.45, 2.75) is 19.3 Å². The van der Waals surface area contributed by atoms with Gasteiger partial charge in [-0.05, 0) is 0 Å². The van der Waals surface area contributed by atoms with E-state index in [1.807, 2.05) is 17.1 Å². The minimum atomic E-state index is -0.213. The van der Waals surface area contributed by atoms with Crippen molar-refractivity contribution in [2.75, 3.05) is 13.1 Å². The summed E-state index contributed by atoms with van der Waals surface area (Å²) in [7, 11) is 0. The van der Waals surface area contributed by atoms with Crippen molar-refractivity contribution in [2.24, 2.45) is 11.8 Å². The molecule has 5 rings (SSSR count). The van der Waals surface area contributed by atoms with Gasteiger partial charge in [0.05, 0.1) is 0 Å². The van der Waals surface area contributed by atoms with E-state index in [9.17, 15) is 4.79 Å². The van der Waals surface area contributed by atoms with E-state index in [0.717, 1.165) is 26.6 Å². The number of rotatable bonds is 4. The molecule has 10 heteroatoms. The van der Waals surface area contributed by atoms with Gasteiger partial charge in [0.2, 0.25) is 0 Å². The second-order valence-electron chi connectivity index (χ2n) is 7.92. The van der Waals surface area contributed by atoms with Crippen molar-refractivity contribution in [1.82, 2.24) is 20.2 Å². The molecule has 1 amide bonds. The van der Waals surface area contributed by atoms with E-state index in [1.54, 1.807) is 16.8 Å². The zero-order valence-corrected chi connectivity index (χ0v) is 22.6. The van der Waals surface area contributed by atoms with Gasteiger partial charge >= 0.3 is 214 Å². The number of fused-ring (bicyclic) bond motifs is 1. The number of amides is 1. The van der Waals surface area contributed by atoms with Crippen LogP contribution >= 0.6 is 55.1 Å². The fourth-order valence-corrected chi connectivity index (χ4v) is 8.62. The van der Waals surface area contributed by atoms with Crippen molar-refractivity contribution in [1.29, 1.82) is 0 Å². The Kier molecular flexibility index (Phi) is 6.43. The summed E-state index contributed by atoms with van der Waals surface area (Å²) in [5.74, 6) is 1.18. The predicted molar refractivity (Wildman–Crippen MR) is 131 cm³/mol. The van der Waals surface area contributed by atoms with Crippen LogP contribution in [0.15, 0.2) is 38.2 Å². The fourth-order valence-electron chi connectivity index (χ4n) is 4.55. The van der Waals surface area contributed by atoms with Crippen LogP contribution in [0.2, 0.25) is 10.0 Å². The normalized spacial score (nSPS) is 20.9. The first-order valence-corrected chi connectivity index (χ1v) is 14.0. The monoisotopic (exact) mass is 650 g/mol. The molecule has 1 N–H and O–H groups in total. The second kappa shape index (κ2) is 8.98. The number of aromatic nitrogens is 2. The molecule has 1 saturated heterocycles. The van der Waals surface area contributed by atoms with Crippen LogP contribution in [0.25, 0.3) is 15.8 Å². The maximum absolute atomic E-state index is 13.2. The van der Waals surface area contributed by atoms with Crippen LogP contribution in [0.3, 0.4) is 0 Å². The number of nitrogens with zero attached hydrogens (tertiary/aromatic N) is 3. The van der Waals surface area contributed by atoms with E-state index >= 15 is 0 Å². The first-order valence-electron chi connectivity index (χ1n) is 9.96. The van der Waals surface area contributed by atoms with Gasteiger partial charge in [-0.3, -0.25) is 0 Å². The number of hydrogen-bond donors (Lipinski definition) is 1. The first-order chi connectivity index (χ1) is 14.9. The maximum atomic E-state index is 13.2. The van der Waals surface area contributed by atoms with Crippen LogP contribution in [0, 0.1) is 11.8 Å². The SMILES string of the molecule is O=C(NN1CC2CCCC2C1)c1nn(-c2ccc(Cl)cc2Cl)c(-c2ccc(Br)[se]2)c1Br. The number of benzene rings is 1. The van der Waals surface area contributed by atoms with Gasteiger partial charge in [-0.1, -0.05) is 0 Å². The third-order valence-corrected chi connectivity index (χ3v) is 10.2. The number of carbonyl (C=O) groups is 1. The van der Waals surface area contributed by atoms with Gasteiger partial charge in [-0.15, -0.1) is 0 Å². The summed E-state index contributed by atoms with van der Waals surface area (Å²) in [6.45, 7) is 1.82. The topological polar surface area (TPSA) is 50.2 Å². The molecular formula is C21H18Br2Cl2N4OSe. The van der Waals surface area contributed by atoms with Crippen LogP contribution in [-0.4, -0.2) is 48.3 Å². The third-order valence-electron chi connectivity index (χ3n) is 5.97. The molecule has 0 radical (unpaired) electrons. The summed E-state index contributed by atoms with van der Waals surface area (Å²) in [4.78, 5) is 13.2. The molecule has 2 unspecified atom stereocenters. The molecule has 3 aromatic rings. The molecule has 1 saturated carbocycles. The molecule has 162 valence electrons. The number of carbonyl (C=O) groups excluding carboxylic acids is 1. The summed E-state index contributed by atoms with van der Waals surface area (Å²) in [5.41, 5.74) is 4.93. The quantitative estimate of drug-likeness (QED) is 0.363. The first kappa shape index (κ1) is 22.2. The molecule has 2 fully saturated rings. The molecule has 1 aromatic carbocycles. The molecule has 2 aliphatic rings. The van der Waals surface area contributed by atoms with Crippen molar-refractivity contribution in [3.63, 3.8) is 0 Å². The molecule has 1 aliphatic heterocycles. The molecule has 5 nitrogen and oxygen atoms in total. The Bertz CT molecular complexity index is 1150. The Balaban J connectivity index is 1.52. The van der Waals surface area contributed by atoms with Gasteiger partial charge in [0, 0.05) is 0 Å². The van der Waals surface area contributed by atoms with E-state index < -0.39 is 0 Å². The molecule has 3 heterocycles. The average molecular weight is 652 g/mol. The summed E-state index contributed by atoms with van der Waals surface area (Å²) in [6, 6.07) is 9.36. The number of nitrogens with one attached hydrogen (secondary N) is 1. The van der Waals surface area contributed by atoms with Gasteiger partial charge in [-0.2, -0.15) is 0 Å². The van der Waals surface area contributed by atoms with Crippen molar-refractivity contribution < 1.29 is 4.79 Å². The molecule has 0 bridgehead atoms. The van der Waals surface area contributed by atoms with Crippen LogP contribution < -0.4 is 5.43 Å². The Labute approximate surface area is 213 Å². The van der Waals surface area contributed by atoms with E-state index in [0.29, 0.717) is 37.7 Å². The van der Waals surface area contributed by atoms with E-state index in [-0.39, 0.29) is 20.4 Å². The van der Waals surface area contributed by atoms with Gasteiger partial charge in [-0.25, -0.2) is 0 Å².